The number of amides is 1. The van der Waals surface area contributed by atoms with Gasteiger partial charge in [0.05, 0.1) is 27.4 Å². The highest BCUT2D eigenvalue weighted by molar-refractivity contribution is 5.94. The van der Waals surface area contributed by atoms with Crippen molar-refractivity contribution in [3.63, 3.8) is 0 Å². The van der Waals surface area contributed by atoms with E-state index in [1.54, 1.807) is 18.9 Å². The molecular formula is C26H32N4O4. The van der Waals surface area contributed by atoms with Crippen LogP contribution in [0.15, 0.2) is 42.5 Å². The monoisotopic (exact) mass is 464 g/mol. The van der Waals surface area contributed by atoms with Crippen molar-refractivity contribution in [1.29, 1.82) is 0 Å². The highest BCUT2D eigenvalue weighted by Gasteiger charge is 2.28. The van der Waals surface area contributed by atoms with Crippen molar-refractivity contribution in [1.82, 2.24) is 20.0 Å². The van der Waals surface area contributed by atoms with Gasteiger partial charge in [0, 0.05) is 55.0 Å². The quantitative estimate of drug-likeness (QED) is 0.506. The Labute approximate surface area is 200 Å². The van der Waals surface area contributed by atoms with Gasteiger partial charge < -0.3 is 19.9 Å². The van der Waals surface area contributed by atoms with Gasteiger partial charge in [-0.15, -0.1) is 0 Å². The summed E-state index contributed by atoms with van der Waals surface area (Å²) in [4.78, 5) is 15.4. The summed E-state index contributed by atoms with van der Waals surface area (Å²) in [5, 5.41) is 17.1. The van der Waals surface area contributed by atoms with Crippen LogP contribution in [-0.2, 0) is 32.6 Å². The Morgan fingerprint density at radius 2 is 1.94 bits per heavy atom. The zero-order valence-electron chi connectivity index (χ0n) is 20.0. The summed E-state index contributed by atoms with van der Waals surface area (Å²) in [7, 11) is 3.33. The lowest BCUT2D eigenvalue weighted by atomic mass is 10.0. The molecule has 1 aliphatic rings. The molecule has 2 N–H and O–H groups in total. The zero-order chi connectivity index (χ0) is 24.1. The Morgan fingerprint density at radius 3 is 2.65 bits per heavy atom. The molecule has 0 fully saturated rings. The molecule has 0 saturated carbocycles. The number of aromatic nitrogens is 2. The maximum Gasteiger partial charge on any atom is 0.272 e. The second-order valence-corrected chi connectivity index (χ2v) is 8.43. The fourth-order valence-electron chi connectivity index (χ4n) is 4.61. The van der Waals surface area contributed by atoms with Crippen LogP contribution in [0.25, 0.3) is 0 Å². The van der Waals surface area contributed by atoms with Crippen LogP contribution >= 0.6 is 0 Å². The number of methoxy groups -OCH3 is 2. The van der Waals surface area contributed by atoms with Crippen molar-refractivity contribution in [2.24, 2.45) is 0 Å². The van der Waals surface area contributed by atoms with E-state index in [2.05, 4.69) is 15.3 Å². The van der Waals surface area contributed by atoms with Gasteiger partial charge in [0.2, 0.25) is 0 Å². The van der Waals surface area contributed by atoms with Gasteiger partial charge in [-0.25, -0.2) is 0 Å². The first-order valence-electron chi connectivity index (χ1n) is 11.5. The average molecular weight is 465 g/mol. The molecule has 0 saturated heterocycles. The van der Waals surface area contributed by atoms with E-state index in [-0.39, 0.29) is 12.5 Å². The molecule has 0 atom stereocenters. The number of hydrogen-bond donors (Lipinski definition) is 2. The molecule has 0 spiro atoms. The standard InChI is InChI=1S/C26H32N4O4/c1-18-23(33-2)10-9-20(25(18)34-3)16-29-12-11-22-21(17-29)24(28-30(22)13-14-31)26(32)27-15-19-7-5-4-6-8-19/h4-10,31H,11-17H2,1-3H3,(H,27,32). The minimum absolute atomic E-state index is 0.0226. The lowest BCUT2D eigenvalue weighted by molar-refractivity contribution is 0.0942. The van der Waals surface area contributed by atoms with E-state index < -0.39 is 0 Å². The third-order valence-electron chi connectivity index (χ3n) is 6.29. The van der Waals surface area contributed by atoms with Crippen LogP contribution in [0.3, 0.4) is 0 Å². The van der Waals surface area contributed by atoms with E-state index in [0.717, 1.165) is 52.4 Å². The molecular weight excluding hydrogens is 432 g/mol. The highest BCUT2D eigenvalue weighted by atomic mass is 16.5. The molecule has 1 amide bonds. The highest BCUT2D eigenvalue weighted by Crippen LogP contribution is 2.33. The number of aliphatic hydroxyl groups excluding tert-OH is 1. The third kappa shape index (κ3) is 4.93. The summed E-state index contributed by atoms with van der Waals surface area (Å²) < 4.78 is 12.9. The second kappa shape index (κ2) is 10.7. The number of hydrogen-bond acceptors (Lipinski definition) is 6. The van der Waals surface area contributed by atoms with E-state index in [1.807, 2.05) is 49.4 Å². The SMILES string of the molecule is COc1ccc(CN2CCc3c(c(C(=O)NCc4ccccc4)nn3CCO)C2)c(OC)c1C. The van der Waals surface area contributed by atoms with Crippen molar-refractivity contribution in [3.8, 4) is 11.5 Å². The first-order valence-corrected chi connectivity index (χ1v) is 11.5. The summed E-state index contributed by atoms with van der Waals surface area (Å²) in [5.41, 5.74) is 5.45. The summed E-state index contributed by atoms with van der Waals surface area (Å²) in [6, 6.07) is 13.8. The van der Waals surface area contributed by atoms with E-state index in [4.69, 9.17) is 9.47 Å². The molecule has 0 aliphatic carbocycles. The van der Waals surface area contributed by atoms with Crippen LogP contribution in [0, 0.1) is 6.92 Å². The molecule has 2 aromatic carbocycles. The molecule has 180 valence electrons. The van der Waals surface area contributed by atoms with E-state index >= 15 is 0 Å². The number of aliphatic hydroxyl groups is 1. The Morgan fingerprint density at radius 1 is 1.15 bits per heavy atom. The number of benzene rings is 2. The number of ether oxygens (including phenoxy) is 2. The molecule has 8 heteroatoms. The van der Waals surface area contributed by atoms with Crippen LogP contribution in [-0.4, -0.2) is 53.1 Å². The van der Waals surface area contributed by atoms with Gasteiger partial charge in [0.15, 0.2) is 5.69 Å². The van der Waals surface area contributed by atoms with E-state index in [9.17, 15) is 9.90 Å². The lowest BCUT2D eigenvalue weighted by Crippen LogP contribution is -2.32. The van der Waals surface area contributed by atoms with Crippen molar-refractivity contribution in [2.75, 3.05) is 27.4 Å². The lowest BCUT2D eigenvalue weighted by Gasteiger charge is -2.28. The van der Waals surface area contributed by atoms with E-state index in [1.165, 1.54) is 0 Å². The molecule has 8 nitrogen and oxygen atoms in total. The Hall–Kier alpha value is -3.36. The number of nitrogens with one attached hydrogen (secondary N) is 1. The fraction of sp³-hybridized carbons (Fsp3) is 0.385. The Kier molecular flexibility index (Phi) is 7.49. The molecule has 2 heterocycles. The van der Waals surface area contributed by atoms with Crippen molar-refractivity contribution in [3.05, 3.63) is 76.1 Å². The minimum atomic E-state index is -0.198. The van der Waals surface area contributed by atoms with Crippen molar-refractivity contribution in [2.45, 2.75) is 39.5 Å². The molecule has 34 heavy (non-hydrogen) atoms. The van der Waals surface area contributed by atoms with Crippen molar-refractivity contribution < 1.29 is 19.4 Å². The largest absolute Gasteiger partial charge is 0.496 e. The summed E-state index contributed by atoms with van der Waals surface area (Å²) in [5.74, 6) is 1.42. The predicted octanol–water partition coefficient (Wildman–Crippen LogP) is 2.69. The number of fused-ring (bicyclic) bond motifs is 1. The smallest absolute Gasteiger partial charge is 0.272 e. The number of nitrogens with zero attached hydrogens (tertiary/aromatic N) is 3. The molecule has 1 aromatic heterocycles. The normalized spacial score (nSPS) is 13.4. The number of rotatable bonds is 9. The van der Waals surface area contributed by atoms with Gasteiger partial charge in [0.25, 0.3) is 5.91 Å². The molecule has 1 aliphatic heterocycles. The first kappa shape index (κ1) is 23.8. The van der Waals surface area contributed by atoms with Crippen LogP contribution in [0.2, 0.25) is 0 Å². The van der Waals surface area contributed by atoms with Gasteiger partial charge in [-0.2, -0.15) is 5.10 Å². The van der Waals surface area contributed by atoms with Gasteiger partial charge >= 0.3 is 0 Å². The van der Waals surface area contributed by atoms with Crippen LogP contribution in [0.1, 0.15) is 38.4 Å². The topological polar surface area (TPSA) is 88.9 Å². The minimum Gasteiger partial charge on any atom is -0.496 e. The molecule has 0 unspecified atom stereocenters. The average Bonchev–Trinajstić information content (AvgIpc) is 3.21. The van der Waals surface area contributed by atoms with Crippen LogP contribution in [0.4, 0.5) is 0 Å². The Balaban J connectivity index is 1.55. The predicted molar refractivity (Wildman–Crippen MR) is 129 cm³/mol. The second-order valence-electron chi connectivity index (χ2n) is 8.43. The van der Waals surface area contributed by atoms with Crippen LogP contribution in [0.5, 0.6) is 11.5 Å². The van der Waals surface area contributed by atoms with Gasteiger partial charge in [0.1, 0.15) is 11.5 Å². The molecule has 4 rings (SSSR count). The van der Waals surface area contributed by atoms with E-state index in [0.29, 0.717) is 31.9 Å². The molecule has 3 aromatic rings. The molecule has 0 bridgehead atoms. The number of carbonyl (C=O) groups excluding carboxylic acids is 1. The Bertz CT molecular complexity index is 1140. The first-order chi connectivity index (χ1) is 16.5. The molecule has 0 radical (unpaired) electrons. The fourth-order valence-corrected chi connectivity index (χ4v) is 4.61. The zero-order valence-corrected chi connectivity index (χ0v) is 20.0. The van der Waals surface area contributed by atoms with Gasteiger partial charge in [-0.3, -0.25) is 14.4 Å². The summed E-state index contributed by atoms with van der Waals surface area (Å²) in [6.45, 7) is 4.89. The number of carbonyl (C=O) groups is 1. The van der Waals surface area contributed by atoms with Crippen molar-refractivity contribution >= 4 is 5.91 Å². The summed E-state index contributed by atoms with van der Waals surface area (Å²) >= 11 is 0. The maximum atomic E-state index is 13.1. The third-order valence-corrected chi connectivity index (χ3v) is 6.29. The maximum absolute atomic E-state index is 13.1. The summed E-state index contributed by atoms with van der Waals surface area (Å²) in [6.07, 6.45) is 0.756. The van der Waals surface area contributed by atoms with Crippen LogP contribution < -0.4 is 14.8 Å². The van der Waals surface area contributed by atoms with Gasteiger partial charge in [-0.1, -0.05) is 36.4 Å². The van der Waals surface area contributed by atoms with Gasteiger partial charge in [-0.05, 0) is 18.6 Å².